The third-order valence-corrected chi connectivity index (χ3v) is 2.92. The van der Waals surface area contributed by atoms with Crippen LogP contribution in [0.2, 0.25) is 0 Å². The minimum Gasteiger partial charge on any atom is -0.363 e. The van der Waals surface area contributed by atoms with Gasteiger partial charge in [-0.15, -0.1) is 0 Å². The van der Waals surface area contributed by atoms with Gasteiger partial charge in [0.2, 0.25) is 0 Å². The normalized spacial score (nSPS) is 34.1. The van der Waals surface area contributed by atoms with E-state index < -0.39 is 0 Å². The molecule has 1 aliphatic rings. The van der Waals surface area contributed by atoms with E-state index in [0.29, 0.717) is 0 Å². The maximum Gasteiger partial charge on any atom is 0.0919 e. The topological polar surface area (TPSA) is 9.23 Å². The number of ether oxygens (including phenoxy) is 1. The first-order valence-corrected chi connectivity index (χ1v) is 5.28. The van der Waals surface area contributed by atoms with E-state index in [2.05, 4.69) is 46.8 Å². The molecule has 0 spiro atoms. The van der Waals surface area contributed by atoms with Crippen molar-refractivity contribution < 1.29 is 4.74 Å². The Balaban J connectivity index is 2.85. The number of hydrogen-bond donors (Lipinski definition) is 0. The van der Waals surface area contributed by atoms with Gasteiger partial charge in [-0.25, -0.2) is 0 Å². The van der Waals surface area contributed by atoms with Crippen LogP contribution in [0.5, 0.6) is 0 Å². The van der Waals surface area contributed by atoms with E-state index in [4.69, 9.17) is 4.74 Å². The fraction of sp³-hybridized carbons (Fsp3) is 0.833. The van der Waals surface area contributed by atoms with Gasteiger partial charge < -0.3 is 4.74 Å². The van der Waals surface area contributed by atoms with E-state index in [0.717, 1.165) is 6.42 Å². The lowest BCUT2D eigenvalue weighted by atomic mass is 9.74. The zero-order valence-electron chi connectivity index (χ0n) is 9.55. The van der Waals surface area contributed by atoms with Gasteiger partial charge in [-0.3, -0.25) is 0 Å². The molecule has 0 amide bonds. The van der Waals surface area contributed by atoms with Gasteiger partial charge in [-0.05, 0) is 18.8 Å². The molecule has 0 saturated heterocycles. The first kappa shape index (κ1) is 10.8. The molecular formula is C12H22O. The molecule has 1 heterocycles. The molecule has 0 unspecified atom stereocenters. The van der Waals surface area contributed by atoms with Crippen LogP contribution in [-0.2, 0) is 4.74 Å². The summed E-state index contributed by atoms with van der Waals surface area (Å²) in [6.45, 7) is 11.1. The Hall–Kier alpha value is -0.300. The second-order valence-corrected chi connectivity index (χ2v) is 5.07. The molecule has 2 atom stereocenters. The summed E-state index contributed by atoms with van der Waals surface area (Å²) in [6.07, 6.45) is 7.03. The summed E-state index contributed by atoms with van der Waals surface area (Å²) in [7, 11) is 0. The van der Waals surface area contributed by atoms with E-state index in [1.807, 2.05) is 0 Å². The summed E-state index contributed by atoms with van der Waals surface area (Å²) in [5, 5.41) is 0. The van der Waals surface area contributed by atoms with Crippen molar-refractivity contribution in [3.8, 4) is 0 Å². The van der Waals surface area contributed by atoms with Crippen LogP contribution in [0.3, 0.4) is 0 Å². The second-order valence-electron chi connectivity index (χ2n) is 5.07. The van der Waals surface area contributed by atoms with Crippen LogP contribution in [-0.4, -0.2) is 11.7 Å². The lowest BCUT2D eigenvalue weighted by Gasteiger charge is -2.40. The van der Waals surface area contributed by atoms with Gasteiger partial charge >= 0.3 is 0 Å². The molecule has 0 N–H and O–H groups in total. The van der Waals surface area contributed by atoms with Gasteiger partial charge in [-0.1, -0.05) is 46.3 Å². The average Bonchev–Trinajstić information content (AvgIpc) is 2.32. The van der Waals surface area contributed by atoms with E-state index in [1.54, 1.807) is 0 Å². The SMILES string of the molecule is CCC[C@@]1(C(C)(C)C)C=C[C@@H](C)O1. The zero-order chi connectivity index (χ0) is 10.1. The summed E-state index contributed by atoms with van der Waals surface area (Å²) in [6, 6.07) is 0. The Morgan fingerprint density at radius 3 is 2.31 bits per heavy atom. The monoisotopic (exact) mass is 182 g/mol. The molecular weight excluding hydrogens is 160 g/mol. The van der Waals surface area contributed by atoms with Gasteiger partial charge in [0.1, 0.15) is 0 Å². The van der Waals surface area contributed by atoms with Crippen molar-refractivity contribution in [1.82, 2.24) is 0 Å². The summed E-state index contributed by atoms with van der Waals surface area (Å²) >= 11 is 0. The van der Waals surface area contributed by atoms with Crippen molar-refractivity contribution >= 4 is 0 Å². The fourth-order valence-corrected chi connectivity index (χ4v) is 2.02. The Morgan fingerprint density at radius 1 is 1.38 bits per heavy atom. The Morgan fingerprint density at radius 2 is 2.00 bits per heavy atom. The average molecular weight is 182 g/mol. The maximum absolute atomic E-state index is 6.04. The van der Waals surface area contributed by atoms with E-state index in [-0.39, 0.29) is 17.1 Å². The van der Waals surface area contributed by atoms with Crippen LogP contribution in [0.4, 0.5) is 0 Å². The molecule has 0 radical (unpaired) electrons. The van der Waals surface area contributed by atoms with Crippen molar-refractivity contribution in [3.05, 3.63) is 12.2 Å². The van der Waals surface area contributed by atoms with Crippen LogP contribution in [0.15, 0.2) is 12.2 Å². The van der Waals surface area contributed by atoms with Crippen LogP contribution < -0.4 is 0 Å². The third kappa shape index (κ3) is 1.96. The number of hydrogen-bond acceptors (Lipinski definition) is 1. The second kappa shape index (κ2) is 3.45. The van der Waals surface area contributed by atoms with Crippen molar-refractivity contribution in [2.75, 3.05) is 0 Å². The highest BCUT2D eigenvalue weighted by molar-refractivity contribution is 5.15. The molecule has 0 fully saturated rings. The molecule has 0 aliphatic carbocycles. The van der Waals surface area contributed by atoms with E-state index >= 15 is 0 Å². The molecule has 1 rings (SSSR count). The van der Waals surface area contributed by atoms with E-state index in [9.17, 15) is 0 Å². The van der Waals surface area contributed by atoms with Crippen molar-refractivity contribution in [1.29, 1.82) is 0 Å². The van der Waals surface area contributed by atoms with Gasteiger partial charge in [0.05, 0.1) is 11.7 Å². The molecule has 13 heavy (non-hydrogen) atoms. The Kier molecular flexibility index (Phi) is 2.86. The summed E-state index contributed by atoms with van der Waals surface area (Å²) < 4.78 is 6.04. The van der Waals surface area contributed by atoms with Crippen LogP contribution in [0.25, 0.3) is 0 Å². The largest absolute Gasteiger partial charge is 0.363 e. The quantitative estimate of drug-likeness (QED) is 0.593. The molecule has 0 aromatic carbocycles. The predicted octanol–water partition coefficient (Wildman–Crippen LogP) is 3.55. The fourth-order valence-electron chi connectivity index (χ4n) is 2.02. The standard InChI is InChI=1S/C12H22O/c1-6-8-12(11(3,4)5)9-7-10(2)13-12/h7,9-10H,6,8H2,1-5H3/t10-,12+/m1/s1. The third-order valence-electron chi connectivity index (χ3n) is 2.92. The van der Waals surface area contributed by atoms with Gasteiger partial charge in [0, 0.05) is 0 Å². The van der Waals surface area contributed by atoms with Crippen molar-refractivity contribution in [3.63, 3.8) is 0 Å². The maximum atomic E-state index is 6.04. The van der Waals surface area contributed by atoms with Gasteiger partial charge in [-0.2, -0.15) is 0 Å². The zero-order valence-corrected chi connectivity index (χ0v) is 9.55. The first-order valence-electron chi connectivity index (χ1n) is 5.28. The van der Waals surface area contributed by atoms with E-state index in [1.165, 1.54) is 6.42 Å². The Bertz CT molecular complexity index is 200. The molecule has 0 aromatic heterocycles. The van der Waals surface area contributed by atoms with Crippen LogP contribution in [0, 0.1) is 5.41 Å². The molecule has 76 valence electrons. The molecule has 1 nitrogen and oxygen atoms in total. The van der Waals surface area contributed by atoms with Gasteiger partial charge in [0.15, 0.2) is 0 Å². The highest BCUT2D eigenvalue weighted by Crippen LogP contribution is 2.42. The highest BCUT2D eigenvalue weighted by Gasteiger charge is 2.43. The molecule has 1 heteroatoms. The first-order chi connectivity index (χ1) is 5.91. The smallest absolute Gasteiger partial charge is 0.0919 e. The van der Waals surface area contributed by atoms with Crippen molar-refractivity contribution in [2.24, 2.45) is 5.41 Å². The highest BCUT2D eigenvalue weighted by atomic mass is 16.5. The molecule has 0 aromatic rings. The lowest BCUT2D eigenvalue weighted by molar-refractivity contribution is -0.0900. The van der Waals surface area contributed by atoms with Crippen LogP contribution in [0.1, 0.15) is 47.5 Å². The summed E-state index contributed by atoms with van der Waals surface area (Å²) in [5.74, 6) is 0. The molecule has 0 saturated carbocycles. The lowest BCUT2D eigenvalue weighted by Crippen LogP contribution is -2.42. The predicted molar refractivity (Wildman–Crippen MR) is 56.8 cm³/mol. The summed E-state index contributed by atoms with van der Waals surface area (Å²) in [4.78, 5) is 0. The summed E-state index contributed by atoms with van der Waals surface area (Å²) in [5.41, 5.74) is 0.172. The minimum atomic E-state index is -0.0266. The van der Waals surface area contributed by atoms with Crippen molar-refractivity contribution in [2.45, 2.75) is 59.2 Å². The number of rotatable bonds is 2. The molecule has 0 bridgehead atoms. The minimum absolute atomic E-state index is 0.0266. The van der Waals surface area contributed by atoms with Crippen LogP contribution >= 0.6 is 0 Å². The molecule has 1 aliphatic heterocycles. The Labute approximate surface area is 82.2 Å². The van der Waals surface area contributed by atoms with Gasteiger partial charge in [0.25, 0.3) is 0 Å².